The number of piperazine rings is 1. The van der Waals surface area contributed by atoms with Crippen LogP contribution in [0, 0.1) is 5.82 Å². The predicted octanol–water partition coefficient (Wildman–Crippen LogP) is 1.55. The van der Waals surface area contributed by atoms with E-state index in [0.29, 0.717) is 37.6 Å². The smallest absolute Gasteiger partial charge is 0.256 e. The molecule has 0 saturated carbocycles. The van der Waals surface area contributed by atoms with E-state index in [1.54, 1.807) is 4.90 Å². The van der Waals surface area contributed by atoms with Crippen LogP contribution in [0.15, 0.2) is 42.5 Å². The van der Waals surface area contributed by atoms with Crippen molar-refractivity contribution in [2.75, 3.05) is 54.3 Å². The van der Waals surface area contributed by atoms with Crippen molar-refractivity contribution in [1.29, 1.82) is 0 Å². The van der Waals surface area contributed by atoms with Gasteiger partial charge in [0.15, 0.2) is 0 Å². The molecule has 0 unspecified atom stereocenters. The number of carbonyl (C=O) groups excluding carboxylic acids is 3. The fourth-order valence-corrected chi connectivity index (χ4v) is 4.08. The molecule has 1 aliphatic rings. The molecular weight excluding hydrogens is 465 g/mol. The van der Waals surface area contributed by atoms with Gasteiger partial charge in [0.25, 0.3) is 5.91 Å². The molecule has 1 fully saturated rings. The van der Waals surface area contributed by atoms with Crippen molar-refractivity contribution in [3.63, 3.8) is 0 Å². The quantitative estimate of drug-likeness (QED) is 0.539. The zero-order valence-corrected chi connectivity index (χ0v) is 19.6. The minimum absolute atomic E-state index is 0.109. The highest BCUT2D eigenvalue weighted by Crippen LogP contribution is 2.24. The number of hydrogen-bond acceptors (Lipinski definition) is 6. The summed E-state index contributed by atoms with van der Waals surface area (Å²) >= 11 is 0. The maximum absolute atomic E-state index is 13.2. The first kappa shape index (κ1) is 25.1. The number of carbonyl (C=O) groups is 3. The Balaban J connectivity index is 1.64. The van der Waals surface area contributed by atoms with Crippen LogP contribution in [-0.4, -0.2) is 74.9 Å². The standard InChI is InChI=1S/C22H26FN5O5S/c1-15(29)24-18-7-8-20(26-34(2,32)33)19(13-18)22(31)28-11-9-27(10-12-28)14-21(30)25-17-5-3-16(23)4-6-17/h3-8,13,26H,9-12,14H2,1-2H3,(H,24,29)(H,25,30). The van der Waals surface area contributed by atoms with Crippen LogP contribution >= 0.6 is 0 Å². The number of nitrogens with one attached hydrogen (secondary N) is 3. The molecule has 0 atom stereocenters. The number of halogens is 1. The Labute approximate surface area is 197 Å². The molecule has 3 amide bonds. The van der Waals surface area contributed by atoms with E-state index >= 15 is 0 Å². The lowest BCUT2D eigenvalue weighted by Gasteiger charge is -2.34. The van der Waals surface area contributed by atoms with Gasteiger partial charge in [-0.2, -0.15) is 0 Å². The number of benzene rings is 2. The van der Waals surface area contributed by atoms with Crippen molar-refractivity contribution in [3.05, 3.63) is 53.8 Å². The SMILES string of the molecule is CC(=O)Nc1ccc(NS(C)(=O)=O)c(C(=O)N2CCN(CC(=O)Nc3ccc(F)cc3)CC2)c1. The molecule has 182 valence electrons. The average molecular weight is 492 g/mol. The first-order chi connectivity index (χ1) is 16.0. The summed E-state index contributed by atoms with van der Waals surface area (Å²) in [7, 11) is -3.63. The Kier molecular flexibility index (Phi) is 7.84. The van der Waals surface area contributed by atoms with Gasteiger partial charge in [0, 0.05) is 44.5 Å². The van der Waals surface area contributed by atoms with Crippen molar-refractivity contribution in [3.8, 4) is 0 Å². The Morgan fingerprint density at radius 3 is 2.15 bits per heavy atom. The maximum Gasteiger partial charge on any atom is 0.256 e. The van der Waals surface area contributed by atoms with E-state index in [-0.39, 0.29) is 29.6 Å². The zero-order valence-electron chi connectivity index (χ0n) is 18.8. The van der Waals surface area contributed by atoms with Crippen LogP contribution in [0.2, 0.25) is 0 Å². The second-order valence-electron chi connectivity index (χ2n) is 7.94. The van der Waals surface area contributed by atoms with Crippen LogP contribution in [0.4, 0.5) is 21.5 Å². The van der Waals surface area contributed by atoms with Gasteiger partial charge in [0.05, 0.1) is 24.1 Å². The molecule has 0 radical (unpaired) electrons. The molecule has 12 heteroatoms. The number of sulfonamides is 1. The fourth-order valence-electron chi connectivity index (χ4n) is 3.51. The molecule has 1 heterocycles. The lowest BCUT2D eigenvalue weighted by atomic mass is 10.1. The molecule has 3 N–H and O–H groups in total. The predicted molar refractivity (Wildman–Crippen MR) is 127 cm³/mol. The van der Waals surface area contributed by atoms with E-state index in [0.717, 1.165) is 6.26 Å². The Hall–Kier alpha value is -3.51. The molecule has 0 spiro atoms. The third-order valence-corrected chi connectivity index (χ3v) is 5.61. The maximum atomic E-state index is 13.2. The Bertz CT molecular complexity index is 1180. The van der Waals surface area contributed by atoms with Crippen molar-refractivity contribution in [1.82, 2.24) is 9.80 Å². The number of amides is 3. The summed E-state index contributed by atoms with van der Waals surface area (Å²) in [6, 6.07) is 9.82. The van der Waals surface area contributed by atoms with E-state index < -0.39 is 21.7 Å². The van der Waals surface area contributed by atoms with Gasteiger partial charge in [-0.25, -0.2) is 12.8 Å². The van der Waals surface area contributed by atoms with Crippen LogP contribution in [0.3, 0.4) is 0 Å². The molecule has 0 aromatic heterocycles. The van der Waals surface area contributed by atoms with Gasteiger partial charge in [0.2, 0.25) is 21.8 Å². The van der Waals surface area contributed by atoms with E-state index in [2.05, 4.69) is 15.4 Å². The summed E-state index contributed by atoms with van der Waals surface area (Å²) in [6.45, 7) is 2.95. The van der Waals surface area contributed by atoms with Crippen molar-refractivity contribution in [2.24, 2.45) is 0 Å². The third kappa shape index (κ3) is 7.25. The summed E-state index contributed by atoms with van der Waals surface area (Å²) in [4.78, 5) is 40.3. The fraction of sp³-hybridized carbons (Fsp3) is 0.318. The molecule has 0 aliphatic carbocycles. The number of nitrogens with zero attached hydrogens (tertiary/aromatic N) is 2. The molecule has 1 saturated heterocycles. The van der Waals surface area contributed by atoms with E-state index in [1.807, 2.05) is 4.90 Å². The summed E-state index contributed by atoms with van der Waals surface area (Å²) < 4.78 is 38.8. The second kappa shape index (κ2) is 10.6. The highest BCUT2D eigenvalue weighted by Gasteiger charge is 2.26. The monoisotopic (exact) mass is 491 g/mol. The lowest BCUT2D eigenvalue weighted by molar-refractivity contribution is -0.117. The first-order valence-electron chi connectivity index (χ1n) is 10.5. The van der Waals surface area contributed by atoms with Crippen LogP contribution in [0.5, 0.6) is 0 Å². The van der Waals surface area contributed by atoms with E-state index in [1.165, 1.54) is 49.4 Å². The molecule has 0 bridgehead atoms. The van der Waals surface area contributed by atoms with Crippen LogP contribution in [0.25, 0.3) is 0 Å². The van der Waals surface area contributed by atoms with Gasteiger partial charge in [0.1, 0.15) is 5.82 Å². The molecule has 10 nitrogen and oxygen atoms in total. The first-order valence-corrected chi connectivity index (χ1v) is 12.4. The average Bonchev–Trinajstić information content (AvgIpc) is 2.75. The minimum Gasteiger partial charge on any atom is -0.336 e. The van der Waals surface area contributed by atoms with Crippen molar-refractivity contribution < 1.29 is 27.2 Å². The lowest BCUT2D eigenvalue weighted by Crippen LogP contribution is -2.50. The van der Waals surface area contributed by atoms with Gasteiger partial charge >= 0.3 is 0 Å². The highest BCUT2D eigenvalue weighted by atomic mass is 32.2. The molecule has 3 rings (SSSR count). The number of hydrogen-bond donors (Lipinski definition) is 3. The van der Waals surface area contributed by atoms with Crippen molar-refractivity contribution >= 4 is 44.8 Å². The number of rotatable bonds is 7. The van der Waals surface area contributed by atoms with E-state index in [4.69, 9.17) is 0 Å². The highest BCUT2D eigenvalue weighted by molar-refractivity contribution is 7.92. The normalized spacial score (nSPS) is 14.4. The Morgan fingerprint density at radius 2 is 1.56 bits per heavy atom. The Morgan fingerprint density at radius 1 is 0.941 bits per heavy atom. The summed E-state index contributed by atoms with van der Waals surface area (Å²) in [6.07, 6.45) is 0.985. The summed E-state index contributed by atoms with van der Waals surface area (Å²) in [5.41, 5.74) is 1.08. The topological polar surface area (TPSA) is 128 Å². The van der Waals surface area contributed by atoms with Crippen LogP contribution < -0.4 is 15.4 Å². The summed E-state index contributed by atoms with van der Waals surface area (Å²) in [5, 5.41) is 5.28. The van der Waals surface area contributed by atoms with Gasteiger partial charge in [-0.05, 0) is 42.5 Å². The third-order valence-electron chi connectivity index (χ3n) is 5.02. The largest absolute Gasteiger partial charge is 0.336 e. The summed E-state index contributed by atoms with van der Waals surface area (Å²) in [5.74, 6) is -1.37. The zero-order chi connectivity index (χ0) is 24.9. The molecular formula is C22H26FN5O5S. The van der Waals surface area contributed by atoms with Gasteiger partial charge < -0.3 is 15.5 Å². The van der Waals surface area contributed by atoms with Gasteiger partial charge in [-0.1, -0.05) is 0 Å². The van der Waals surface area contributed by atoms with Crippen LogP contribution in [-0.2, 0) is 19.6 Å². The van der Waals surface area contributed by atoms with Crippen molar-refractivity contribution in [2.45, 2.75) is 6.92 Å². The van der Waals surface area contributed by atoms with E-state index in [9.17, 15) is 27.2 Å². The number of anilines is 3. The molecule has 34 heavy (non-hydrogen) atoms. The second-order valence-corrected chi connectivity index (χ2v) is 9.69. The molecule has 2 aromatic carbocycles. The molecule has 2 aromatic rings. The van der Waals surface area contributed by atoms with Gasteiger partial charge in [-0.3, -0.25) is 24.0 Å². The van der Waals surface area contributed by atoms with Crippen LogP contribution in [0.1, 0.15) is 17.3 Å². The molecule has 1 aliphatic heterocycles. The van der Waals surface area contributed by atoms with Gasteiger partial charge in [-0.15, -0.1) is 0 Å². The minimum atomic E-state index is -3.63.